The lowest BCUT2D eigenvalue weighted by molar-refractivity contribution is 0.135. The molecule has 1 atom stereocenters. The van der Waals surface area contributed by atoms with Crippen LogP contribution in [0.1, 0.15) is 30.9 Å². The topological polar surface area (TPSA) is 24.5 Å². The van der Waals surface area contributed by atoms with E-state index in [0.29, 0.717) is 11.5 Å². The molecular weight excluding hydrogens is 260 g/mol. The molecule has 21 heavy (non-hydrogen) atoms. The molecule has 0 radical (unpaired) electrons. The summed E-state index contributed by atoms with van der Waals surface area (Å²) in [5, 5.41) is 3.72. The molecule has 3 nitrogen and oxygen atoms in total. The second-order valence-electron chi connectivity index (χ2n) is 6.97. The van der Waals surface area contributed by atoms with Crippen molar-refractivity contribution in [2.75, 3.05) is 33.4 Å². The lowest BCUT2D eigenvalue weighted by atomic mass is 9.99. The van der Waals surface area contributed by atoms with Gasteiger partial charge in [-0.05, 0) is 37.3 Å². The fourth-order valence-electron chi connectivity index (χ4n) is 3.41. The normalized spacial score (nSPS) is 21.8. The molecule has 1 heterocycles. The van der Waals surface area contributed by atoms with Gasteiger partial charge in [-0.2, -0.15) is 0 Å². The van der Waals surface area contributed by atoms with Crippen molar-refractivity contribution in [2.24, 2.45) is 5.41 Å². The van der Waals surface area contributed by atoms with Gasteiger partial charge in [0.25, 0.3) is 0 Å². The lowest BCUT2D eigenvalue weighted by Crippen LogP contribution is -2.43. The SMILES string of the molecule is COCC1(CNC(C)CN2CCc3ccccc3C2)CC1. The molecule has 116 valence electrons. The molecule has 3 rings (SSSR count). The molecule has 1 fully saturated rings. The van der Waals surface area contributed by atoms with E-state index in [2.05, 4.69) is 41.4 Å². The van der Waals surface area contributed by atoms with E-state index in [1.165, 1.54) is 36.9 Å². The summed E-state index contributed by atoms with van der Waals surface area (Å²) < 4.78 is 5.34. The van der Waals surface area contributed by atoms with Crippen LogP contribution in [0.25, 0.3) is 0 Å². The highest BCUT2D eigenvalue weighted by atomic mass is 16.5. The number of hydrogen-bond donors (Lipinski definition) is 1. The first-order valence-electron chi connectivity index (χ1n) is 8.22. The van der Waals surface area contributed by atoms with E-state index in [0.717, 1.165) is 26.2 Å². The smallest absolute Gasteiger partial charge is 0.0530 e. The molecule has 1 aliphatic carbocycles. The van der Waals surface area contributed by atoms with Crippen LogP contribution < -0.4 is 5.32 Å². The molecule has 1 aromatic carbocycles. The number of hydrogen-bond acceptors (Lipinski definition) is 3. The average molecular weight is 288 g/mol. The van der Waals surface area contributed by atoms with E-state index >= 15 is 0 Å². The van der Waals surface area contributed by atoms with Crippen molar-refractivity contribution in [2.45, 2.75) is 38.8 Å². The van der Waals surface area contributed by atoms with Gasteiger partial charge in [0.1, 0.15) is 0 Å². The minimum Gasteiger partial charge on any atom is -0.384 e. The Balaban J connectivity index is 1.45. The van der Waals surface area contributed by atoms with Crippen molar-refractivity contribution >= 4 is 0 Å². The predicted molar refractivity (Wildman–Crippen MR) is 86.4 cm³/mol. The summed E-state index contributed by atoms with van der Waals surface area (Å²) in [6, 6.07) is 9.41. The number of fused-ring (bicyclic) bond motifs is 1. The Morgan fingerprint density at radius 1 is 1.29 bits per heavy atom. The van der Waals surface area contributed by atoms with E-state index in [1.807, 2.05) is 7.11 Å². The third-order valence-corrected chi connectivity index (χ3v) is 4.97. The standard InChI is InChI=1S/C18H28N2O/c1-15(19-13-18(8-9-18)14-21-2)11-20-10-7-16-5-3-4-6-17(16)12-20/h3-6,15,19H,7-14H2,1-2H3. The van der Waals surface area contributed by atoms with Gasteiger partial charge in [0, 0.05) is 44.7 Å². The zero-order valence-electron chi connectivity index (χ0n) is 13.4. The maximum atomic E-state index is 5.34. The second-order valence-corrected chi connectivity index (χ2v) is 6.97. The molecule has 1 N–H and O–H groups in total. The second kappa shape index (κ2) is 6.47. The van der Waals surface area contributed by atoms with E-state index in [1.54, 1.807) is 0 Å². The van der Waals surface area contributed by atoms with Gasteiger partial charge in [0.2, 0.25) is 0 Å². The Bertz CT molecular complexity index is 470. The third kappa shape index (κ3) is 3.85. The van der Waals surface area contributed by atoms with Crippen LogP contribution in [0.4, 0.5) is 0 Å². The Morgan fingerprint density at radius 2 is 2.05 bits per heavy atom. The van der Waals surface area contributed by atoms with Gasteiger partial charge in [-0.25, -0.2) is 0 Å². The van der Waals surface area contributed by atoms with Crippen LogP contribution in [0, 0.1) is 5.41 Å². The van der Waals surface area contributed by atoms with Gasteiger partial charge in [-0.1, -0.05) is 24.3 Å². The summed E-state index contributed by atoms with van der Waals surface area (Å²) >= 11 is 0. The number of nitrogens with one attached hydrogen (secondary N) is 1. The highest BCUT2D eigenvalue weighted by Crippen LogP contribution is 2.45. The van der Waals surface area contributed by atoms with Crippen molar-refractivity contribution in [1.29, 1.82) is 0 Å². The van der Waals surface area contributed by atoms with E-state index < -0.39 is 0 Å². The summed E-state index contributed by atoms with van der Waals surface area (Å²) in [4.78, 5) is 2.58. The van der Waals surface area contributed by atoms with Crippen molar-refractivity contribution in [3.63, 3.8) is 0 Å². The predicted octanol–water partition coefficient (Wildman–Crippen LogP) is 2.45. The van der Waals surface area contributed by atoms with E-state index in [-0.39, 0.29) is 0 Å². The lowest BCUT2D eigenvalue weighted by Gasteiger charge is -2.31. The molecule has 1 aliphatic heterocycles. The Hall–Kier alpha value is -0.900. The van der Waals surface area contributed by atoms with Crippen LogP contribution in [0.5, 0.6) is 0 Å². The van der Waals surface area contributed by atoms with Crippen molar-refractivity contribution < 1.29 is 4.74 Å². The Labute approximate surface area is 128 Å². The molecule has 2 aliphatic rings. The van der Waals surface area contributed by atoms with Crippen LogP contribution in [-0.2, 0) is 17.7 Å². The number of benzene rings is 1. The molecule has 1 saturated carbocycles. The van der Waals surface area contributed by atoms with Gasteiger partial charge >= 0.3 is 0 Å². The summed E-state index contributed by atoms with van der Waals surface area (Å²) in [6.45, 7) is 7.74. The minimum absolute atomic E-state index is 0.442. The van der Waals surface area contributed by atoms with Gasteiger partial charge in [0.15, 0.2) is 0 Å². The molecule has 0 spiro atoms. The van der Waals surface area contributed by atoms with Crippen LogP contribution in [0.3, 0.4) is 0 Å². The van der Waals surface area contributed by atoms with Crippen LogP contribution in [0.15, 0.2) is 24.3 Å². The Morgan fingerprint density at radius 3 is 2.76 bits per heavy atom. The molecule has 0 saturated heterocycles. The van der Waals surface area contributed by atoms with Crippen molar-refractivity contribution in [3.05, 3.63) is 35.4 Å². The zero-order valence-corrected chi connectivity index (χ0v) is 13.4. The first-order valence-corrected chi connectivity index (χ1v) is 8.22. The highest BCUT2D eigenvalue weighted by Gasteiger charge is 2.42. The maximum absolute atomic E-state index is 5.34. The summed E-state index contributed by atoms with van der Waals surface area (Å²) in [5.41, 5.74) is 3.48. The van der Waals surface area contributed by atoms with E-state index in [4.69, 9.17) is 4.74 Å². The van der Waals surface area contributed by atoms with Gasteiger partial charge in [-0.3, -0.25) is 4.90 Å². The fraction of sp³-hybridized carbons (Fsp3) is 0.667. The molecule has 0 bridgehead atoms. The largest absolute Gasteiger partial charge is 0.384 e. The number of rotatable bonds is 7. The maximum Gasteiger partial charge on any atom is 0.0530 e. The molecule has 0 aromatic heterocycles. The van der Waals surface area contributed by atoms with Crippen molar-refractivity contribution in [3.8, 4) is 0 Å². The number of ether oxygens (including phenoxy) is 1. The van der Waals surface area contributed by atoms with Crippen molar-refractivity contribution in [1.82, 2.24) is 10.2 Å². The van der Waals surface area contributed by atoms with E-state index in [9.17, 15) is 0 Å². The summed E-state index contributed by atoms with van der Waals surface area (Å²) in [5.74, 6) is 0. The highest BCUT2D eigenvalue weighted by molar-refractivity contribution is 5.29. The summed E-state index contributed by atoms with van der Waals surface area (Å²) in [6.07, 6.45) is 3.83. The van der Waals surface area contributed by atoms with Gasteiger partial charge < -0.3 is 10.1 Å². The van der Waals surface area contributed by atoms with Gasteiger partial charge in [0.05, 0.1) is 6.61 Å². The Kier molecular flexibility index (Phi) is 4.63. The number of nitrogens with zero attached hydrogens (tertiary/aromatic N) is 1. The number of methoxy groups -OCH3 is 1. The van der Waals surface area contributed by atoms with Gasteiger partial charge in [-0.15, -0.1) is 0 Å². The molecule has 0 amide bonds. The monoisotopic (exact) mass is 288 g/mol. The molecule has 1 aromatic rings. The zero-order chi connectivity index (χ0) is 14.7. The third-order valence-electron chi connectivity index (χ3n) is 4.97. The summed E-state index contributed by atoms with van der Waals surface area (Å²) in [7, 11) is 1.81. The molecule has 1 unspecified atom stereocenters. The fourth-order valence-corrected chi connectivity index (χ4v) is 3.41. The van der Waals surface area contributed by atoms with Crippen LogP contribution in [-0.4, -0.2) is 44.3 Å². The average Bonchev–Trinajstić information content (AvgIpc) is 3.26. The quantitative estimate of drug-likeness (QED) is 0.834. The first kappa shape index (κ1) is 15.0. The molecule has 3 heteroatoms. The first-order chi connectivity index (χ1) is 10.2. The van der Waals surface area contributed by atoms with Crippen LogP contribution >= 0.6 is 0 Å². The minimum atomic E-state index is 0.442. The van der Waals surface area contributed by atoms with Crippen LogP contribution in [0.2, 0.25) is 0 Å². The molecular formula is C18H28N2O.